The number of esters is 1. The van der Waals surface area contributed by atoms with Gasteiger partial charge in [0.1, 0.15) is 0 Å². The maximum atomic E-state index is 13.6. The van der Waals surface area contributed by atoms with E-state index in [1.165, 1.54) is 12.1 Å². The van der Waals surface area contributed by atoms with Gasteiger partial charge in [0.05, 0.1) is 17.3 Å². The van der Waals surface area contributed by atoms with Crippen molar-refractivity contribution in [2.45, 2.75) is 12.7 Å². The maximum absolute atomic E-state index is 13.6. The fourth-order valence-corrected chi connectivity index (χ4v) is 2.06. The molecule has 0 aliphatic carbocycles. The van der Waals surface area contributed by atoms with Gasteiger partial charge in [-0.25, -0.2) is 0 Å². The van der Waals surface area contributed by atoms with Gasteiger partial charge in [0.25, 0.3) is 0 Å². The standard InChI is InChI=1S/C11H12FNO4S/c1-2-17-10(14)7-18-6-8-4-3-5-9(11(8)12)13(15)16/h3-5H,2,6-7H2,1H3. The lowest BCUT2D eigenvalue weighted by atomic mass is 10.2. The van der Waals surface area contributed by atoms with Gasteiger partial charge in [-0.3, -0.25) is 14.9 Å². The van der Waals surface area contributed by atoms with E-state index in [-0.39, 0.29) is 23.0 Å². The molecule has 18 heavy (non-hydrogen) atoms. The minimum Gasteiger partial charge on any atom is -0.465 e. The average Bonchev–Trinajstić information content (AvgIpc) is 2.31. The Morgan fingerprint density at radius 1 is 1.56 bits per heavy atom. The van der Waals surface area contributed by atoms with Crippen molar-refractivity contribution < 1.29 is 18.8 Å². The topological polar surface area (TPSA) is 69.4 Å². The monoisotopic (exact) mass is 273 g/mol. The number of nitrogens with zero attached hydrogens (tertiary/aromatic N) is 1. The number of thioether (sulfide) groups is 1. The second-order valence-corrected chi connectivity index (χ2v) is 4.29. The molecule has 0 atom stereocenters. The minimum atomic E-state index is -0.848. The second kappa shape index (κ2) is 6.95. The van der Waals surface area contributed by atoms with Gasteiger partial charge in [0.2, 0.25) is 5.82 Å². The summed E-state index contributed by atoms with van der Waals surface area (Å²) < 4.78 is 18.3. The Kier molecular flexibility index (Phi) is 5.57. The van der Waals surface area contributed by atoms with Crippen LogP contribution in [0.15, 0.2) is 18.2 Å². The van der Waals surface area contributed by atoms with Gasteiger partial charge >= 0.3 is 11.7 Å². The molecule has 1 aromatic carbocycles. The average molecular weight is 273 g/mol. The van der Waals surface area contributed by atoms with Crippen molar-refractivity contribution >= 4 is 23.4 Å². The van der Waals surface area contributed by atoms with Gasteiger partial charge in [0.15, 0.2) is 0 Å². The zero-order valence-corrected chi connectivity index (χ0v) is 10.5. The molecule has 7 heteroatoms. The summed E-state index contributed by atoms with van der Waals surface area (Å²) in [4.78, 5) is 20.8. The molecule has 0 bridgehead atoms. The number of nitro groups is 1. The molecule has 98 valence electrons. The van der Waals surface area contributed by atoms with E-state index in [2.05, 4.69) is 0 Å². The van der Waals surface area contributed by atoms with Crippen LogP contribution in [0.5, 0.6) is 0 Å². The quantitative estimate of drug-likeness (QED) is 0.452. The van der Waals surface area contributed by atoms with Gasteiger partial charge in [0, 0.05) is 17.4 Å². The molecule has 0 saturated carbocycles. The first-order valence-electron chi connectivity index (χ1n) is 5.21. The molecular formula is C11H12FNO4S. The number of ether oxygens (including phenoxy) is 1. The fourth-order valence-electron chi connectivity index (χ4n) is 1.27. The van der Waals surface area contributed by atoms with E-state index in [1.54, 1.807) is 6.92 Å². The summed E-state index contributed by atoms with van der Waals surface area (Å²) >= 11 is 1.15. The number of benzene rings is 1. The minimum absolute atomic E-state index is 0.0932. The molecule has 5 nitrogen and oxygen atoms in total. The van der Waals surface area contributed by atoms with E-state index >= 15 is 0 Å². The van der Waals surface area contributed by atoms with Crippen molar-refractivity contribution in [3.8, 4) is 0 Å². The number of halogens is 1. The van der Waals surface area contributed by atoms with Crippen molar-refractivity contribution in [1.82, 2.24) is 0 Å². The molecule has 1 rings (SSSR count). The Labute approximate surface area is 107 Å². The first-order chi connectivity index (χ1) is 8.56. The van der Waals surface area contributed by atoms with Crippen LogP contribution in [0.4, 0.5) is 10.1 Å². The van der Waals surface area contributed by atoms with E-state index in [1.807, 2.05) is 0 Å². The summed E-state index contributed by atoms with van der Waals surface area (Å²) in [5.41, 5.74) is -0.345. The maximum Gasteiger partial charge on any atom is 0.315 e. The number of hydrogen-bond acceptors (Lipinski definition) is 5. The third kappa shape index (κ3) is 3.99. The Bertz CT molecular complexity index is 453. The fraction of sp³-hybridized carbons (Fsp3) is 0.364. The highest BCUT2D eigenvalue weighted by atomic mass is 32.2. The number of rotatable bonds is 6. The van der Waals surface area contributed by atoms with E-state index in [9.17, 15) is 19.3 Å². The van der Waals surface area contributed by atoms with Crippen LogP contribution >= 0.6 is 11.8 Å². The lowest BCUT2D eigenvalue weighted by Gasteiger charge is -2.04. The summed E-state index contributed by atoms with van der Waals surface area (Å²) in [7, 11) is 0. The van der Waals surface area contributed by atoms with Crippen molar-refractivity contribution in [3.05, 3.63) is 39.7 Å². The molecule has 0 aliphatic rings. The number of nitro benzene ring substituents is 1. The number of hydrogen-bond donors (Lipinski definition) is 0. The first-order valence-corrected chi connectivity index (χ1v) is 6.36. The lowest BCUT2D eigenvalue weighted by Crippen LogP contribution is -2.07. The Hall–Kier alpha value is -1.63. The Balaban J connectivity index is 2.60. The predicted molar refractivity (Wildman–Crippen MR) is 65.8 cm³/mol. The van der Waals surface area contributed by atoms with Gasteiger partial charge in [-0.05, 0) is 6.92 Å². The number of carbonyl (C=O) groups is 1. The molecule has 0 spiro atoms. The SMILES string of the molecule is CCOC(=O)CSCc1cccc([N+](=O)[O-])c1F. The highest BCUT2D eigenvalue weighted by molar-refractivity contribution is 7.99. The normalized spacial score (nSPS) is 10.1. The summed E-state index contributed by atoms with van der Waals surface area (Å²) in [6, 6.07) is 3.98. The van der Waals surface area contributed by atoms with E-state index in [0.717, 1.165) is 17.8 Å². The van der Waals surface area contributed by atoms with Crippen molar-refractivity contribution in [1.29, 1.82) is 0 Å². The summed E-state index contributed by atoms with van der Waals surface area (Å²) in [6.07, 6.45) is 0. The van der Waals surface area contributed by atoms with E-state index < -0.39 is 16.4 Å². The molecule has 0 radical (unpaired) electrons. The summed E-state index contributed by atoms with van der Waals surface area (Å²) in [6.45, 7) is 1.99. The third-order valence-electron chi connectivity index (χ3n) is 2.04. The summed E-state index contributed by atoms with van der Waals surface area (Å²) in [5, 5.41) is 10.5. The molecule has 1 aromatic rings. The lowest BCUT2D eigenvalue weighted by molar-refractivity contribution is -0.387. The molecule has 0 fully saturated rings. The zero-order chi connectivity index (χ0) is 13.5. The van der Waals surface area contributed by atoms with Gasteiger partial charge in [-0.15, -0.1) is 11.8 Å². The van der Waals surface area contributed by atoms with Crippen molar-refractivity contribution in [2.24, 2.45) is 0 Å². The van der Waals surface area contributed by atoms with Gasteiger partial charge < -0.3 is 4.74 Å². The highest BCUT2D eigenvalue weighted by Crippen LogP contribution is 2.23. The van der Waals surface area contributed by atoms with Gasteiger partial charge in [-0.2, -0.15) is 4.39 Å². The van der Waals surface area contributed by atoms with Crippen LogP contribution in [0.2, 0.25) is 0 Å². The van der Waals surface area contributed by atoms with Crippen molar-refractivity contribution in [3.63, 3.8) is 0 Å². The molecule has 0 aromatic heterocycles. The van der Waals surface area contributed by atoms with Crippen molar-refractivity contribution in [2.75, 3.05) is 12.4 Å². The number of carbonyl (C=O) groups excluding carboxylic acids is 1. The van der Waals surface area contributed by atoms with E-state index in [4.69, 9.17) is 4.74 Å². The molecular weight excluding hydrogens is 261 g/mol. The van der Waals surface area contributed by atoms with Crippen LogP contribution in [-0.2, 0) is 15.3 Å². The molecule has 0 aliphatic heterocycles. The Morgan fingerprint density at radius 2 is 2.28 bits per heavy atom. The molecule has 0 amide bonds. The molecule has 0 unspecified atom stereocenters. The van der Waals surface area contributed by atoms with E-state index in [0.29, 0.717) is 6.61 Å². The first kappa shape index (κ1) is 14.4. The van der Waals surface area contributed by atoms with Crippen LogP contribution in [0.3, 0.4) is 0 Å². The largest absolute Gasteiger partial charge is 0.465 e. The van der Waals surface area contributed by atoms with Crippen LogP contribution in [-0.4, -0.2) is 23.3 Å². The third-order valence-corrected chi connectivity index (χ3v) is 2.99. The molecule has 0 saturated heterocycles. The second-order valence-electron chi connectivity index (χ2n) is 3.31. The van der Waals surface area contributed by atoms with Crippen LogP contribution in [0.1, 0.15) is 12.5 Å². The molecule has 0 N–H and O–H groups in total. The van der Waals surface area contributed by atoms with Crippen LogP contribution in [0, 0.1) is 15.9 Å². The highest BCUT2D eigenvalue weighted by Gasteiger charge is 2.17. The smallest absolute Gasteiger partial charge is 0.315 e. The predicted octanol–water partition coefficient (Wildman–Crippen LogP) is 2.53. The summed E-state index contributed by atoms with van der Waals surface area (Å²) in [5.74, 6) is -0.949. The van der Waals surface area contributed by atoms with Gasteiger partial charge in [-0.1, -0.05) is 12.1 Å². The Morgan fingerprint density at radius 3 is 2.89 bits per heavy atom. The molecule has 0 heterocycles. The zero-order valence-electron chi connectivity index (χ0n) is 9.72. The van der Waals surface area contributed by atoms with Crippen LogP contribution < -0.4 is 0 Å². The van der Waals surface area contributed by atoms with Crippen LogP contribution in [0.25, 0.3) is 0 Å².